The molecule has 0 saturated carbocycles. The van der Waals surface area contributed by atoms with E-state index in [4.69, 9.17) is 21.3 Å². The van der Waals surface area contributed by atoms with E-state index < -0.39 is 5.82 Å². The molecule has 2 aromatic carbocycles. The van der Waals surface area contributed by atoms with Gasteiger partial charge in [0.25, 0.3) is 0 Å². The van der Waals surface area contributed by atoms with Gasteiger partial charge in [0.05, 0.1) is 11.6 Å². The second-order valence-electron chi connectivity index (χ2n) is 6.52. The van der Waals surface area contributed by atoms with E-state index in [0.29, 0.717) is 23.6 Å². The Balaban J connectivity index is 1.55. The number of thiazole rings is 1. The van der Waals surface area contributed by atoms with Gasteiger partial charge in [-0.3, -0.25) is 0 Å². The Bertz CT molecular complexity index is 1150. The van der Waals surface area contributed by atoms with Crippen molar-refractivity contribution < 1.29 is 9.13 Å². The summed E-state index contributed by atoms with van der Waals surface area (Å²) in [6, 6.07) is 12.7. The molecular weight excluding hydrogens is 425 g/mol. The van der Waals surface area contributed by atoms with Crippen molar-refractivity contribution >= 4 is 44.8 Å². The normalized spacial score (nSPS) is 11.2. The summed E-state index contributed by atoms with van der Waals surface area (Å²) in [5.41, 5.74) is 3.48. The number of halogens is 2. The van der Waals surface area contributed by atoms with E-state index in [1.807, 2.05) is 12.1 Å². The largest absolute Gasteiger partial charge is 0.383 e. The zero-order valence-corrected chi connectivity index (χ0v) is 17.7. The van der Waals surface area contributed by atoms with Crippen LogP contribution in [-0.4, -0.2) is 35.2 Å². The predicted octanol–water partition coefficient (Wildman–Crippen LogP) is 5.03. The van der Waals surface area contributed by atoms with E-state index in [2.05, 4.69) is 32.7 Å². The van der Waals surface area contributed by atoms with Crippen LogP contribution in [0.4, 0.5) is 15.9 Å². The van der Waals surface area contributed by atoms with Crippen molar-refractivity contribution in [3.63, 3.8) is 0 Å². The molecule has 0 bridgehead atoms. The van der Waals surface area contributed by atoms with Crippen molar-refractivity contribution in [2.75, 3.05) is 25.6 Å². The molecule has 0 aliphatic rings. The lowest BCUT2D eigenvalue weighted by atomic mass is 10.1. The minimum Gasteiger partial charge on any atom is -0.383 e. The van der Waals surface area contributed by atoms with E-state index in [9.17, 15) is 4.39 Å². The molecular formula is C21H19ClFN5OS. The Morgan fingerprint density at radius 2 is 1.97 bits per heavy atom. The van der Waals surface area contributed by atoms with Crippen molar-refractivity contribution in [2.24, 2.45) is 0 Å². The van der Waals surface area contributed by atoms with E-state index >= 15 is 0 Å². The molecule has 2 aromatic heterocycles. The lowest BCUT2D eigenvalue weighted by Gasteiger charge is -2.06. The number of hydrogen-bond acceptors (Lipinski definition) is 7. The summed E-state index contributed by atoms with van der Waals surface area (Å²) in [7, 11) is 1.69. The van der Waals surface area contributed by atoms with Crippen molar-refractivity contribution in [3.05, 3.63) is 65.2 Å². The Morgan fingerprint density at radius 3 is 2.73 bits per heavy atom. The van der Waals surface area contributed by atoms with Gasteiger partial charge < -0.3 is 15.4 Å². The van der Waals surface area contributed by atoms with Crippen LogP contribution >= 0.6 is 22.9 Å². The minimum absolute atomic E-state index is 0.0427. The van der Waals surface area contributed by atoms with Gasteiger partial charge >= 0.3 is 0 Å². The van der Waals surface area contributed by atoms with Crippen LogP contribution in [0, 0.1) is 5.82 Å². The quantitative estimate of drug-likeness (QED) is 0.372. The number of anilines is 2. The second-order valence-corrected chi connectivity index (χ2v) is 7.90. The first-order chi connectivity index (χ1) is 14.6. The Morgan fingerprint density at radius 1 is 1.13 bits per heavy atom. The molecule has 30 heavy (non-hydrogen) atoms. The SMILES string of the molecule is COCCNCc1ccc(-c2nc3c(Nc4ccc(F)c(Cl)c4)ncnc3s2)cc1. The molecule has 0 saturated heterocycles. The van der Waals surface area contributed by atoms with Crippen LogP contribution in [0.15, 0.2) is 48.8 Å². The lowest BCUT2D eigenvalue weighted by Crippen LogP contribution is -2.18. The highest BCUT2D eigenvalue weighted by Gasteiger charge is 2.13. The van der Waals surface area contributed by atoms with Crippen LogP contribution in [-0.2, 0) is 11.3 Å². The molecule has 0 aliphatic carbocycles. The monoisotopic (exact) mass is 443 g/mol. The maximum atomic E-state index is 13.4. The van der Waals surface area contributed by atoms with Crippen LogP contribution in [0.5, 0.6) is 0 Å². The number of rotatable bonds is 8. The van der Waals surface area contributed by atoms with E-state index in [1.54, 1.807) is 13.2 Å². The maximum Gasteiger partial charge on any atom is 0.161 e. The Labute approximate surface area is 182 Å². The third kappa shape index (κ3) is 4.73. The molecule has 0 amide bonds. The molecule has 0 atom stereocenters. The molecule has 0 fully saturated rings. The third-order valence-electron chi connectivity index (χ3n) is 4.39. The van der Waals surface area contributed by atoms with Crippen LogP contribution in [0.2, 0.25) is 5.02 Å². The molecule has 9 heteroatoms. The fourth-order valence-corrected chi connectivity index (χ4v) is 3.95. The molecule has 4 rings (SSSR count). The van der Waals surface area contributed by atoms with Crippen molar-refractivity contribution in [1.29, 1.82) is 0 Å². The van der Waals surface area contributed by atoms with Crippen molar-refractivity contribution in [3.8, 4) is 10.6 Å². The maximum absolute atomic E-state index is 13.4. The number of nitrogens with one attached hydrogen (secondary N) is 2. The highest BCUT2D eigenvalue weighted by Crippen LogP contribution is 2.33. The number of benzene rings is 2. The van der Waals surface area contributed by atoms with Crippen molar-refractivity contribution in [1.82, 2.24) is 20.3 Å². The topological polar surface area (TPSA) is 72.0 Å². The van der Waals surface area contributed by atoms with Crippen LogP contribution in [0.1, 0.15) is 5.56 Å². The zero-order valence-electron chi connectivity index (χ0n) is 16.2. The first kappa shape index (κ1) is 20.6. The van der Waals surface area contributed by atoms with E-state index in [0.717, 1.165) is 28.5 Å². The summed E-state index contributed by atoms with van der Waals surface area (Å²) in [5, 5.41) is 7.36. The summed E-state index contributed by atoms with van der Waals surface area (Å²) in [5.74, 6) is 0.0764. The van der Waals surface area contributed by atoms with Crippen LogP contribution < -0.4 is 10.6 Å². The smallest absolute Gasteiger partial charge is 0.161 e. The van der Waals surface area contributed by atoms with Gasteiger partial charge in [0.15, 0.2) is 5.82 Å². The molecule has 2 heterocycles. The standard InChI is InChI=1S/C21H19ClFN5OS/c1-29-9-8-24-11-13-2-4-14(5-3-13)20-28-18-19(25-12-26-21(18)30-20)27-15-6-7-17(23)16(22)10-15/h2-7,10,12,24H,8-9,11H2,1H3,(H,25,26,27). The summed E-state index contributed by atoms with van der Waals surface area (Å²) >= 11 is 7.36. The van der Waals surface area contributed by atoms with Crippen molar-refractivity contribution in [2.45, 2.75) is 6.54 Å². The van der Waals surface area contributed by atoms with Gasteiger partial charge in [0.1, 0.15) is 27.5 Å². The number of methoxy groups -OCH3 is 1. The zero-order chi connectivity index (χ0) is 20.9. The first-order valence-corrected chi connectivity index (χ1v) is 10.5. The number of ether oxygens (including phenoxy) is 1. The van der Waals surface area contributed by atoms with Gasteiger partial charge in [-0.25, -0.2) is 19.3 Å². The van der Waals surface area contributed by atoms with Gasteiger partial charge in [0.2, 0.25) is 0 Å². The summed E-state index contributed by atoms with van der Waals surface area (Å²) in [6.07, 6.45) is 1.48. The molecule has 0 radical (unpaired) electrons. The molecule has 154 valence electrons. The van der Waals surface area contributed by atoms with Gasteiger partial charge in [-0.1, -0.05) is 47.2 Å². The fraction of sp³-hybridized carbons (Fsp3) is 0.190. The number of nitrogens with zero attached hydrogens (tertiary/aromatic N) is 3. The molecule has 4 aromatic rings. The fourth-order valence-electron chi connectivity index (χ4n) is 2.85. The van der Waals surface area contributed by atoms with Gasteiger partial charge in [-0.2, -0.15) is 0 Å². The number of fused-ring (bicyclic) bond motifs is 1. The molecule has 0 aliphatic heterocycles. The number of hydrogen-bond donors (Lipinski definition) is 2. The lowest BCUT2D eigenvalue weighted by molar-refractivity contribution is 0.199. The first-order valence-electron chi connectivity index (χ1n) is 9.26. The number of aromatic nitrogens is 3. The van der Waals surface area contributed by atoms with Crippen LogP contribution in [0.3, 0.4) is 0 Å². The molecule has 0 unspecified atom stereocenters. The summed E-state index contributed by atoms with van der Waals surface area (Å²) < 4.78 is 18.4. The average molecular weight is 444 g/mol. The van der Waals surface area contributed by atoms with E-state index in [-0.39, 0.29) is 5.02 Å². The Kier molecular flexibility index (Phi) is 6.49. The van der Waals surface area contributed by atoms with Gasteiger partial charge in [-0.15, -0.1) is 0 Å². The predicted molar refractivity (Wildman–Crippen MR) is 119 cm³/mol. The van der Waals surface area contributed by atoms with Crippen LogP contribution in [0.25, 0.3) is 20.9 Å². The van der Waals surface area contributed by atoms with E-state index in [1.165, 1.54) is 35.4 Å². The molecule has 0 spiro atoms. The van der Waals surface area contributed by atoms with Gasteiger partial charge in [-0.05, 0) is 23.8 Å². The molecule has 2 N–H and O–H groups in total. The highest BCUT2D eigenvalue weighted by molar-refractivity contribution is 7.21. The second kappa shape index (κ2) is 9.44. The third-order valence-corrected chi connectivity index (χ3v) is 5.69. The highest BCUT2D eigenvalue weighted by atomic mass is 35.5. The Hall–Kier alpha value is -2.65. The average Bonchev–Trinajstić information content (AvgIpc) is 3.20. The summed E-state index contributed by atoms with van der Waals surface area (Å²) in [4.78, 5) is 14.1. The molecule has 6 nitrogen and oxygen atoms in total. The van der Waals surface area contributed by atoms with Gasteiger partial charge in [0, 0.05) is 31.5 Å². The summed E-state index contributed by atoms with van der Waals surface area (Å²) in [6.45, 7) is 2.28. The minimum atomic E-state index is -0.469.